The number of halogens is 3. The van der Waals surface area contributed by atoms with E-state index in [2.05, 4.69) is 69.9 Å². The van der Waals surface area contributed by atoms with Gasteiger partial charge in [-0.1, -0.05) is 125 Å². The van der Waals surface area contributed by atoms with E-state index < -0.39 is 22.4 Å². The van der Waals surface area contributed by atoms with Crippen molar-refractivity contribution >= 4 is 38.8 Å². The number of para-hydroxylation sites is 3. The molecule has 312 valence electrons. The average Bonchev–Trinajstić information content (AvgIpc) is 3.51. The monoisotopic (exact) mass is 831 g/mol. The highest BCUT2D eigenvalue weighted by molar-refractivity contribution is 7.80. The summed E-state index contributed by atoms with van der Waals surface area (Å²) in [5.41, 5.74) is 4.07. The van der Waals surface area contributed by atoms with Crippen molar-refractivity contribution in [1.82, 2.24) is 4.57 Å². The Morgan fingerprint density at radius 3 is 1.67 bits per heavy atom. The number of isothiocyanates is 1. The fourth-order valence-corrected chi connectivity index (χ4v) is 5.34. The summed E-state index contributed by atoms with van der Waals surface area (Å²) in [5.74, 6) is -0.690. The lowest BCUT2D eigenvalue weighted by Gasteiger charge is -2.05. The molecule has 9 nitrogen and oxygen atoms in total. The number of unbranched alkanes of at least 4 members (excludes halogenated alkanes) is 5. The number of thiocarbonyl (C=S) groups is 1. The highest BCUT2D eigenvalue weighted by Gasteiger charge is 2.46. The summed E-state index contributed by atoms with van der Waals surface area (Å²) >= 11 is 4.48. The first-order valence-corrected chi connectivity index (χ1v) is 20.1. The maximum atomic E-state index is 13.4. The molecule has 0 N–H and O–H groups in total. The number of hydrogen-bond donors (Lipinski definition) is 0. The zero-order chi connectivity index (χ0) is 41.1. The van der Waals surface area contributed by atoms with Crippen LogP contribution < -0.4 is 4.57 Å². The third-order valence-electron chi connectivity index (χ3n) is 7.97. The van der Waals surface area contributed by atoms with Crippen LogP contribution in [0.1, 0.15) is 76.2 Å². The number of fused-ring (bicyclic) bond motifs is 1. The fourth-order valence-electron chi connectivity index (χ4n) is 5.25. The maximum absolute atomic E-state index is 13.4. The van der Waals surface area contributed by atoms with Crippen LogP contribution in [0.2, 0.25) is 0 Å². The Hall–Kier alpha value is -4.27. The van der Waals surface area contributed by atoms with Crippen LogP contribution in [0.15, 0.2) is 120 Å². The largest absolute Gasteiger partial charge is 0.726 e. The summed E-state index contributed by atoms with van der Waals surface area (Å²) in [6.07, 6.45) is 3.97. The van der Waals surface area contributed by atoms with Gasteiger partial charge in [0.25, 0.3) is 0 Å². The van der Waals surface area contributed by atoms with E-state index in [1.165, 1.54) is 53.0 Å². The third kappa shape index (κ3) is 21.2. The van der Waals surface area contributed by atoms with Gasteiger partial charge in [0.1, 0.15) is 5.69 Å². The second-order valence-corrected chi connectivity index (χ2v) is 13.6. The summed E-state index contributed by atoms with van der Waals surface area (Å²) in [4.78, 5) is 3.86. The molecule has 14 heteroatoms. The van der Waals surface area contributed by atoms with E-state index in [1.54, 1.807) is 54.6 Å². The number of ether oxygens (including phenoxy) is 2. The molecule has 0 aliphatic heterocycles. The predicted octanol–water partition coefficient (Wildman–Crippen LogP) is 10.5. The second kappa shape index (κ2) is 29.0. The van der Waals surface area contributed by atoms with Crippen LogP contribution in [-0.4, -0.2) is 49.6 Å². The smallest absolute Gasteiger partial charge is 0.495 e. The molecule has 0 unspecified atom stereocenters. The van der Waals surface area contributed by atoms with Gasteiger partial charge in [-0.05, 0) is 73.3 Å². The Bertz CT molecular complexity index is 1940. The molecule has 0 aliphatic rings. The van der Waals surface area contributed by atoms with E-state index in [1.807, 2.05) is 24.3 Å². The average molecular weight is 832 g/mol. The first kappa shape index (κ1) is 50.7. The Balaban J connectivity index is 0.000000401. The van der Waals surface area contributed by atoms with Gasteiger partial charge >= 0.3 is 12.0 Å². The first-order valence-electron chi connectivity index (χ1n) is 18.3. The van der Waals surface area contributed by atoms with Gasteiger partial charge in [-0.3, -0.25) is 4.18 Å². The van der Waals surface area contributed by atoms with Gasteiger partial charge in [0.15, 0.2) is 11.0 Å². The SMILES string of the molecule is C.CCCCCCOCc1ccccc1.COS(=O)(=O)[O-].C[n+]1c(C(F)(F)F)n(-c2ccccc2)c2ccccc21.S=C=NCCCCCOCc1ccccc1. The number of benzene rings is 4. The topological polar surface area (TPSA) is 106 Å². The van der Waals surface area contributed by atoms with Crippen molar-refractivity contribution in [2.75, 3.05) is 26.9 Å². The third-order valence-corrected chi connectivity index (χ3v) is 8.51. The summed E-state index contributed by atoms with van der Waals surface area (Å²) in [7, 11) is -2.17. The molecule has 4 aromatic carbocycles. The number of aromatic nitrogens is 2. The van der Waals surface area contributed by atoms with Gasteiger partial charge < -0.3 is 14.0 Å². The van der Waals surface area contributed by atoms with Crippen molar-refractivity contribution in [3.8, 4) is 5.69 Å². The molecule has 0 bridgehead atoms. The minimum Gasteiger partial charge on any atom is -0.726 e. The van der Waals surface area contributed by atoms with Gasteiger partial charge in [0, 0.05) is 19.8 Å². The number of imidazole rings is 1. The molecule has 0 spiro atoms. The lowest BCUT2D eigenvalue weighted by molar-refractivity contribution is -0.667. The normalized spacial score (nSPS) is 10.7. The summed E-state index contributed by atoms with van der Waals surface area (Å²) in [6.45, 7) is 6.20. The molecule has 1 heterocycles. The Kier molecular flexibility index (Phi) is 25.8. The molecule has 0 aliphatic carbocycles. The predicted molar refractivity (Wildman–Crippen MR) is 223 cm³/mol. The number of hydrogen-bond acceptors (Lipinski definition) is 8. The quantitative estimate of drug-likeness (QED) is 0.0229. The summed E-state index contributed by atoms with van der Waals surface area (Å²) in [6, 6.07) is 36.0. The van der Waals surface area contributed by atoms with Gasteiger partial charge in [0.05, 0.1) is 32.5 Å². The van der Waals surface area contributed by atoms with E-state index in [4.69, 9.17) is 9.47 Å². The van der Waals surface area contributed by atoms with Crippen molar-refractivity contribution in [1.29, 1.82) is 0 Å². The van der Waals surface area contributed by atoms with E-state index in [-0.39, 0.29) is 7.43 Å². The summed E-state index contributed by atoms with van der Waals surface area (Å²) in [5, 5.41) is 2.37. The minimum absolute atomic E-state index is 0. The number of alkyl halides is 3. The van der Waals surface area contributed by atoms with Crippen molar-refractivity contribution in [3.63, 3.8) is 0 Å². The van der Waals surface area contributed by atoms with Crippen LogP contribution in [-0.2, 0) is 50.5 Å². The van der Waals surface area contributed by atoms with Gasteiger partial charge in [-0.15, -0.1) is 0 Å². The molecule has 5 aromatic rings. The highest BCUT2D eigenvalue weighted by atomic mass is 32.3. The zero-order valence-electron chi connectivity index (χ0n) is 32.2. The van der Waals surface area contributed by atoms with Crippen LogP contribution in [0, 0.1) is 0 Å². The standard InChI is InChI=1S/C15H12F3N2.C13H17NOS.C13H20O.CH4O4S.CH4/c1-19-12-9-5-6-10-13(12)20(14(19)15(16,17)18)11-7-3-2-4-8-11;16-12-14-9-5-2-6-10-15-11-13-7-3-1-4-8-13;1-2-3-4-8-11-14-12-13-9-6-5-7-10-13;1-5-6(2,3)4;/h2-10H,1H3;1,3-4,7-8H,2,5-6,9-11H2;5-7,9-10H,2-4,8,11-12H2,1H3;1H3,(H,2,3,4);1H4/q+1;;;;/p-1. The van der Waals surface area contributed by atoms with E-state index in [0.29, 0.717) is 23.3 Å². The zero-order valence-corrected chi connectivity index (χ0v) is 33.8. The lowest BCUT2D eigenvalue weighted by atomic mass is 10.2. The fraction of sp³-hybridized carbons (Fsp3) is 0.395. The molecule has 0 saturated carbocycles. The number of nitrogens with zero attached hydrogens (tertiary/aromatic N) is 3. The second-order valence-electron chi connectivity index (χ2n) is 12.3. The molecular formula is C43H56F3N3O6S2. The van der Waals surface area contributed by atoms with Crippen LogP contribution >= 0.6 is 12.2 Å². The number of aliphatic imine (C=N–C) groups is 1. The van der Waals surface area contributed by atoms with E-state index in [9.17, 15) is 26.1 Å². The molecule has 0 amide bonds. The van der Waals surface area contributed by atoms with Gasteiger partial charge in [-0.2, -0.15) is 17.7 Å². The van der Waals surface area contributed by atoms with Crippen molar-refractivity contribution in [2.45, 2.75) is 78.7 Å². The first-order chi connectivity index (χ1) is 26.9. The van der Waals surface area contributed by atoms with Crippen LogP contribution in [0.5, 0.6) is 0 Å². The molecule has 5 rings (SSSR count). The lowest BCUT2D eigenvalue weighted by Crippen LogP contribution is -2.38. The maximum Gasteiger partial charge on any atom is 0.495 e. The Labute approximate surface area is 342 Å². The molecule has 0 atom stereocenters. The minimum atomic E-state index is -4.43. The van der Waals surface area contributed by atoms with Crippen molar-refractivity contribution in [2.24, 2.45) is 12.0 Å². The van der Waals surface area contributed by atoms with Crippen molar-refractivity contribution in [3.05, 3.63) is 132 Å². The van der Waals surface area contributed by atoms with Crippen LogP contribution in [0.25, 0.3) is 16.7 Å². The molecule has 0 saturated heterocycles. The number of rotatable bonds is 17. The Morgan fingerprint density at radius 1 is 0.754 bits per heavy atom. The summed E-state index contributed by atoms with van der Waals surface area (Å²) < 4.78 is 84.7. The van der Waals surface area contributed by atoms with Gasteiger partial charge in [0.2, 0.25) is 10.4 Å². The molecule has 1 aromatic heterocycles. The molecular weight excluding hydrogens is 776 g/mol. The van der Waals surface area contributed by atoms with Crippen LogP contribution in [0.3, 0.4) is 0 Å². The number of aryl methyl sites for hydroxylation is 1. The highest BCUT2D eigenvalue weighted by Crippen LogP contribution is 2.32. The molecule has 0 fully saturated rings. The van der Waals surface area contributed by atoms with E-state index >= 15 is 0 Å². The van der Waals surface area contributed by atoms with Crippen LogP contribution in [0.4, 0.5) is 13.2 Å². The molecule has 0 radical (unpaired) electrons. The van der Waals surface area contributed by atoms with Gasteiger partial charge in [-0.25, -0.2) is 18.0 Å². The Morgan fingerprint density at radius 2 is 1.21 bits per heavy atom. The van der Waals surface area contributed by atoms with Crippen molar-refractivity contribution < 1.29 is 44.4 Å². The molecule has 57 heavy (non-hydrogen) atoms. The van der Waals surface area contributed by atoms with E-state index in [0.717, 1.165) is 52.7 Å².